The third-order valence-corrected chi connectivity index (χ3v) is 5.54. The minimum atomic E-state index is -0.723. The van der Waals surface area contributed by atoms with Gasteiger partial charge in [0, 0.05) is 17.3 Å². The highest BCUT2D eigenvalue weighted by atomic mass is 32.1. The van der Waals surface area contributed by atoms with E-state index in [9.17, 15) is 14.0 Å². The average Bonchev–Trinajstić information content (AvgIpc) is 3.46. The number of aromatic nitrogens is 2. The molecule has 0 bridgehead atoms. The fourth-order valence-electron chi connectivity index (χ4n) is 2.97. The standard InChI is InChI=1S/C22H17FN4O2S/c23-17-9-7-15(8-10-17)18-11-12-19(30-18)21(28)25-26-22(29)20(27-14-4-13-24-27)16-5-2-1-3-6-16/h1-14,20H,(H,25,28)(H,26,29). The second kappa shape index (κ2) is 8.71. The van der Waals surface area contributed by atoms with Crippen LogP contribution in [0.5, 0.6) is 0 Å². The molecule has 0 aliphatic carbocycles. The van der Waals surface area contributed by atoms with E-state index in [1.165, 1.54) is 28.2 Å². The van der Waals surface area contributed by atoms with E-state index in [1.54, 1.807) is 42.7 Å². The number of hydrazine groups is 1. The van der Waals surface area contributed by atoms with Crippen molar-refractivity contribution in [1.82, 2.24) is 20.6 Å². The lowest BCUT2D eigenvalue weighted by Gasteiger charge is -2.18. The smallest absolute Gasteiger partial charge is 0.270 e. The summed E-state index contributed by atoms with van der Waals surface area (Å²) in [6, 6.07) is 19.7. The number of hydrogen-bond donors (Lipinski definition) is 2. The molecule has 150 valence electrons. The summed E-state index contributed by atoms with van der Waals surface area (Å²) in [6.45, 7) is 0. The molecule has 6 nitrogen and oxygen atoms in total. The minimum absolute atomic E-state index is 0.318. The normalized spacial score (nSPS) is 11.6. The molecule has 0 aliphatic heterocycles. The predicted octanol–water partition coefficient (Wildman–Crippen LogP) is 3.80. The van der Waals surface area contributed by atoms with Crippen LogP contribution in [0.2, 0.25) is 0 Å². The van der Waals surface area contributed by atoms with Crippen LogP contribution in [-0.2, 0) is 4.79 Å². The number of rotatable bonds is 5. The topological polar surface area (TPSA) is 76.0 Å². The predicted molar refractivity (Wildman–Crippen MR) is 112 cm³/mol. The monoisotopic (exact) mass is 420 g/mol. The van der Waals surface area contributed by atoms with Crippen LogP contribution >= 0.6 is 11.3 Å². The highest BCUT2D eigenvalue weighted by molar-refractivity contribution is 7.17. The van der Waals surface area contributed by atoms with Crippen molar-refractivity contribution in [1.29, 1.82) is 0 Å². The molecule has 4 aromatic rings. The van der Waals surface area contributed by atoms with Crippen LogP contribution in [0.1, 0.15) is 21.3 Å². The van der Waals surface area contributed by atoms with Gasteiger partial charge >= 0.3 is 0 Å². The van der Waals surface area contributed by atoms with Gasteiger partial charge in [0.05, 0.1) is 4.88 Å². The molecule has 8 heteroatoms. The van der Waals surface area contributed by atoms with Gasteiger partial charge in [0.1, 0.15) is 5.82 Å². The zero-order valence-corrected chi connectivity index (χ0v) is 16.5. The van der Waals surface area contributed by atoms with Crippen LogP contribution in [0.3, 0.4) is 0 Å². The van der Waals surface area contributed by atoms with Crippen LogP contribution in [0.4, 0.5) is 4.39 Å². The van der Waals surface area contributed by atoms with E-state index in [2.05, 4.69) is 16.0 Å². The maximum Gasteiger partial charge on any atom is 0.279 e. The van der Waals surface area contributed by atoms with E-state index in [0.717, 1.165) is 16.0 Å². The summed E-state index contributed by atoms with van der Waals surface area (Å²) in [5.41, 5.74) is 6.49. The number of carbonyl (C=O) groups excluding carboxylic acids is 2. The molecule has 0 radical (unpaired) electrons. The molecule has 1 unspecified atom stereocenters. The highest BCUT2D eigenvalue weighted by Crippen LogP contribution is 2.28. The van der Waals surface area contributed by atoms with Gasteiger partial charge in [-0.2, -0.15) is 5.10 Å². The van der Waals surface area contributed by atoms with Crippen molar-refractivity contribution >= 4 is 23.2 Å². The Hall–Kier alpha value is -3.78. The lowest BCUT2D eigenvalue weighted by atomic mass is 10.1. The van der Waals surface area contributed by atoms with E-state index >= 15 is 0 Å². The van der Waals surface area contributed by atoms with Crippen LogP contribution < -0.4 is 10.9 Å². The molecule has 0 spiro atoms. The first-order valence-electron chi connectivity index (χ1n) is 9.12. The highest BCUT2D eigenvalue weighted by Gasteiger charge is 2.23. The first-order chi connectivity index (χ1) is 14.6. The maximum atomic E-state index is 13.1. The van der Waals surface area contributed by atoms with Crippen molar-refractivity contribution in [3.8, 4) is 10.4 Å². The Kier molecular flexibility index (Phi) is 5.67. The van der Waals surface area contributed by atoms with Gasteiger partial charge in [-0.3, -0.25) is 25.1 Å². The van der Waals surface area contributed by atoms with Gasteiger partial charge in [-0.05, 0) is 41.5 Å². The Balaban J connectivity index is 1.45. The van der Waals surface area contributed by atoms with Crippen LogP contribution in [0.25, 0.3) is 10.4 Å². The van der Waals surface area contributed by atoms with Crippen molar-refractivity contribution in [2.24, 2.45) is 0 Å². The van der Waals surface area contributed by atoms with Gasteiger partial charge in [-0.25, -0.2) is 4.39 Å². The third kappa shape index (κ3) is 4.28. The number of hydrogen-bond acceptors (Lipinski definition) is 4. The zero-order valence-electron chi connectivity index (χ0n) is 15.7. The Morgan fingerprint density at radius 1 is 0.933 bits per heavy atom. The Morgan fingerprint density at radius 3 is 2.40 bits per heavy atom. The zero-order chi connectivity index (χ0) is 20.9. The molecular formula is C22H17FN4O2S. The fourth-order valence-corrected chi connectivity index (χ4v) is 3.88. The van der Waals surface area contributed by atoms with Crippen molar-refractivity contribution in [2.75, 3.05) is 0 Å². The van der Waals surface area contributed by atoms with Crippen molar-refractivity contribution in [2.45, 2.75) is 6.04 Å². The number of nitrogens with one attached hydrogen (secondary N) is 2. The second-order valence-electron chi connectivity index (χ2n) is 6.41. The third-order valence-electron chi connectivity index (χ3n) is 4.41. The SMILES string of the molecule is O=C(NNC(=O)C(c1ccccc1)n1cccn1)c1ccc(-c2ccc(F)cc2)s1. The first kappa shape index (κ1) is 19.5. The lowest BCUT2D eigenvalue weighted by Crippen LogP contribution is -2.45. The summed E-state index contributed by atoms with van der Waals surface area (Å²) in [6.07, 6.45) is 3.28. The van der Waals surface area contributed by atoms with Gasteiger partial charge in [0.25, 0.3) is 11.8 Å². The van der Waals surface area contributed by atoms with Crippen LogP contribution in [-0.4, -0.2) is 21.6 Å². The first-order valence-corrected chi connectivity index (χ1v) is 9.93. The van der Waals surface area contributed by atoms with Gasteiger partial charge in [0.2, 0.25) is 0 Å². The molecule has 30 heavy (non-hydrogen) atoms. The number of nitrogens with zero attached hydrogens (tertiary/aromatic N) is 2. The number of benzene rings is 2. The van der Waals surface area contributed by atoms with Crippen molar-refractivity contribution in [3.63, 3.8) is 0 Å². The summed E-state index contributed by atoms with van der Waals surface area (Å²) in [7, 11) is 0. The molecule has 1 atom stereocenters. The maximum absolute atomic E-state index is 13.1. The van der Waals surface area contributed by atoms with E-state index in [1.807, 2.05) is 30.3 Å². The Bertz CT molecular complexity index is 1140. The molecule has 0 saturated heterocycles. The number of halogens is 1. The average molecular weight is 420 g/mol. The summed E-state index contributed by atoms with van der Waals surface area (Å²) in [5, 5.41) is 4.16. The molecule has 4 rings (SSSR count). The lowest BCUT2D eigenvalue weighted by molar-refractivity contribution is -0.124. The van der Waals surface area contributed by atoms with E-state index in [4.69, 9.17) is 0 Å². The molecule has 0 aliphatic rings. The molecular weight excluding hydrogens is 403 g/mol. The Labute approximate surface area is 176 Å². The molecule has 2 aromatic carbocycles. The summed E-state index contributed by atoms with van der Waals surface area (Å²) in [4.78, 5) is 26.6. The quantitative estimate of drug-likeness (QED) is 0.482. The second-order valence-corrected chi connectivity index (χ2v) is 7.50. The molecule has 0 fully saturated rings. The van der Waals surface area contributed by atoms with Gasteiger partial charge < -0.3 is 0 Å². The molecule has 2 N–H and O–H groups in total. The molecule has 2 amide bonds. The van der Waals surface area contributed by atoms with E-state index in [-0.39, 0.29) is 5.82 Å². The number of carbonyl (C=O) groups is 2. The number of amides is 2. The molecule has 2 heterocycles. The minimum Gasteiger partial charge on any atom is -0.270 e. The fraction of sp³-hybridized carbons (Fsp3) is 0.0455. The van der Waals surface area contributed by atoms with Gasteiger partial charge in [-0.15, -0.1) is 11.3 Å². The van der Waals surface area contributed by atoms with Crippen molar-refractivity contribution < 1.29 is 14.0 Å². The summed E-state index contributed by atoms with van der Waals surface area (Å²) >= 11 is 1.25. The van der Waals surface area contributed by atoms with Gasteiger partial charge in [-0.1, -0.05) is 42.5 Å². The van der Waals surface area contributed by atoms with Gasteiger partial charge in [0.15, 0.2) is 6.04 Å². The largest absolute Gasteiger partial charge is 0.279 e. The van der Waals surface area contributed by atoms with Crippen LogP contribution in [0.15, 0.2) is 85.2 Å². The van der Waals surface area contributed by atoms with E-state index < -0.39 is 17.9 Å². The summed E-state index contributed by atoms with van der Waals surface area (Å²) in [5.74, 6) is -1.18. The summed E-state index contributed by atoms with van der Waals surface area (Å²) < 4.78 is 14.6. The van der Waals surface area contributed by atoms with Crippen LogP contribution in [0, 0.1) is 5.82 Å². The molecule has 2 aromatic heterocycles. The molecule has 0 saturated carbocycles. The number of thiophene rings is 1. The van der Waals surface area contributed by atoms with Crippen molar-refractivity contribution in [3.05, 3.63) is 101 Å². The van der Waals surface area contributed by atoms with E-state index in [0.29, 0.717) is 4.88 Å². The Morgan fingerprint density at radius 2 is 1.70 bits per heavy atom.